The Labute approximate surface area is 139 Å². The number of benzene rings is 2. The minimum Gasteiger partial charge on any atom is -0.459 e. The second-order valence-electron chi connectivity index (χ2n) is 5.12. The predicted molar refractivity (Wildman–Crippen MR) is 92.9 cm³/mol. The zero-order valence-electron chi connectivity index (χ0n) is 12.8. The maximum absolute atomic E-state index is 12.1. The Morgan fingerprint density at radius 1 is 0.875 bits per heavy atom. The summed E-state index contributed by atoms with van der Waals surface area (Å²) < 4.78 is 5.03. The van der Waals surface area contributed by atoms with E-state index in [1.807, 2.05) is 30.3 Å². The summed E-state index contributed by atoms with van der Waals surface area (Å²) in [7, 11) is 0. The van der Waals surface area contributed by atoms with Gasteiger partial charge in [0.25, 0.3) is 5.91 Å². The Bertz CT molecular complexity index is 848. The summed E-state index contributed by atoms with van der Waals surface area (Å²) in [6, 6.07) is 19.6. The molecule has 0 fully saturated rings. The number of amides is 1. The van der Waals surface area contributed by atoms with Crippen LogP contribution in [0.5, 0.6) is 0 Å². The first-order chi connectivity index (χ1) is 11.7. The van der Waals surface area contributed by atoms with Crippen molar-refractivity contribution < 1.29 is 14.0 Å². The number of allylic oxidation sites excluding steroid dienone is 1. The molecule has 0 aliphatic heterocycles. The first kappa shape index (κ1) is 15.5. The summed E-state index contributed by atoms with van der Waals surface area (Å²) in [4.78, 5) is 24.0. The highest BCUT2D eigenvalue weighted by Gasteiger charge is 2.09. The van der Waals surface area contributed by atoms with Gasteiger partial charge in [-0.05, 0) is 48.0 Å². The van der Waals surface area contributed by atoms with E-state index < -0.39 is 0 Å². The van der Waals surface area contributed by atoms with Crippen LogP contribution >= 0.6 is 0 Å². The van der Waals surface area contributed by atoms with Crippen LogP contribution < -0.4 is 5.32 Å². The molecule has 0 atom stereocenters. The van der Waals surface area contributed by atoms with Crippen molar-refractivity contribution in [1.29, 1.82) is 0 Å². The number of anilines is 1. The first-order valence-corrected chi connectivity index (χ1v) is 7.45. The summed E-state index contributed by atoms with van der Waals surface area (Å²) in [6.07, 6.45) is 4.75. The topological polar surface area (TPSA) is 59.3 Å². The molecule has 0 bridgehead atoms. The second-order valence-corrected chi connectivity index (χ2v) is 5.12. The monoisotopic (exact) mass is 317 g/mol. The average Bonchev–Trinajstić information content (AvgIpc) is 3.16. The highest BCUT2D eigenvalue weighted by Crippen LogP contribution is 2.13. The molecular weight excluding hydrogens is 302 g/mol. The third-order valence-corrected chi connectivity index (χ3v) is 3.40. The third-order valence-electron chi connectivity index (χ3n) is 3.40. The molecule has 1 N–H and O–H groups in total. The van der Waals surface area contributed by atoms with Crippen LogP contribution in [0.15, 0.2) is 83.5 Å². The van der Waals surface area contributed by atoms with Gasteiger partial charge in [0.15, 0.2) is 11.5 Å². The molecule has 24 heavy (non-hydrogen) atoms. The summed E-state index contributed by atoms with van der Waals surface area (Å²) in [6.45, 7) is 0. The summed E-state index contributed by atoms with van der Waals surface area (Å²) >= 11 is 0. The van der Waals surface area contributed by atoms with Crippen molar-refractivity contribution in [3.05, 3.63) is 96.0 Å². The second kappa shape index (κ2) is 7.24. The molecule has 4 nitrogen and oxygen atoms in total. The first-order valence-electron chi connectivity index (χ1n) is 7.45. The number of rotatable bonds is 5. The molecule has 0 unspecified atom stereocenters. The third kappa shape index (κ3) is 3.87. The van der Waals surface area contributed by atoms with Crippen molar-refractivity contribution in [2.45, 2.75) is 0 Å². The zero-order valence-corrected chi connectivity index (χ0v) is 12.8. The molecule has 0 radical (unpaired) electrons. The van der Waals surface area contributed by atoms with Gasteiger partial charge in [-0.1, -0.05) is 36.4 Å². The van der Waals surface area contributed by atoms with Crippen LogP contribution in [0.25, 0.3) is 6.08 Å². The van der Waals surface area contributed by atoms with Gasteiger partial charge in [-0.3, -0.25) is 9.59 Å². The molecule has 0 aliphatic rings. The molecule has 0 saturated carbocycles. The van der Waals surface area contributed by atoms with E-state index in [9.17, 15) is 9.59 Å². The van der Waals surface area contributed by atoms with Gasteiger partial charge < -0.3 is 9.73 Å². The summed E-state index contributed by atoms with van der Waals surface area (Å²) in [5.41, 5.74) is 2.12. The van der Waals surface area contributed by atoms with Gasteiger partial charge in [-0.15, -0.1) is 0 Å². The number of hydrogen-bond donors (Lipinski definition) is 1. The number of hydrogen-bond acceptors (Lipinski definition) is 3. The fourth-order valence-electron chi connectivity index (χ4n) is 2.15. The van der Waals surface area contributed by atoms with E-state index in [4.69, 9.17) is 4.42 Å². The van der Waals surface area contributed by atoms with Crippen LogP contribution in [0.3, 0.4) is 0 Å². The van der Waals surface area contributed by atoms with Gasteiger partial charge in [0.1, 0.15) is 0 Å². The van der Waals surface area contributed by atoms with Gasteiger partial charge in [0.05, 0.1) is 6.26 Å². The average molecular weight is 317 g/mol. The number of ketones is 1. The highest BCUT2D eigenvalue weighted by molar-refractivity contribution is 6.07. The van der Waals surface area contributed by atoms with Crippen molar-refractivity contribution in [3.8, 4) is 0 Å². The molecule has 0 spiro atoms. The molecule has 3 rings (SSSR count). The van der Waals surface area contributed by atoms with Crippen molar-refractivity contribution in [2.24, 2.45) is 0 Å². The van der Waals surface area contributed by atoms with Crippen LogP contribution in [-0.2, 0) is 0 Å². The molecule has 4 heteroatoms. The smallest absolute Gasteiger partial charge is 0.291 e. The Hall–Kier alpha value is -3.40. The fourth-order valence-corrected chi connectivity index (χ4v) is 2.15. The number of furan rings is 1. The molecular formula is C20H15NO3. The van der Waals surface area contributed by atoms with Gasteiger partial charge >= 0.3 is 0 Å². The van der Waals surface area contributed by atoms with Crippen LogP contribution in [-0.4, -0.2) is 11.7 Å². The SMILES string of the molecule is O=C(/C=C/c1ccccc1)c1ccc(NC(=O)c2ccco2)cc1. The fraction of sp³-hybridized carbons (Fsp3) is 0. The minimum atomic E-state index is -0.331. The Morgan fingerprint density at radius 2 is 1.62 bits per heavy atom. The van der Waals surface area contributed by atoms with Crippen LogP contribution in [0.2, 0.25) is 0 Å². The lowest BCUT2D eigenvalue weighted by Gasteiger charge is -2.04. The molecule has 1 heterocycles. The van der Waals surface area contributed by atoms with Gasteiger partial charge in [0, 0.05) is 11.3 Å². The largest absolute Gasteiger partial charge is 0.459 e. The quantitative estimate of drug-likeness (QED) is 0.559. The van der Waals surface area contributed by atoms with E-state index in [0.717, 1.165) is 5.56 Å². The van der Waals surface area contributed by atoms with E-state index in [1.54, 1.807) is 42.5 Å². The number of carbonyl (C=O) groups excluding carboxylic acids is 2. The van der Waals surface area contributed by atoms with Crippen LogP contribution in [0.1, 0.15) is 26.5 Å². The summed E-state index contributed by atoms with van der Waals surface area (Å²) in [5.74, 6) is -0.188. The molecule has 0 saturated heterocycles. The number of nitrogens with one attached hydrogen (secondary N) is 1. The molecule has 1 amide bonds. The molecule has 118 valence electrons. The zero-order chi connectivity index (χ0) is 16.8. The standard InChI is InChI=1S/C20H15NO3/c22-18(13-8-15-5-2-1-3-6-15)16-9-11-17(12-10-16)21-20(23)19-7-4-14-24-19/h1-14H,(H,21,23)/b13-8+. The Balaban J connectivity index is 1.64. The van der Waals surface area contributed by atoms with E-state index in [1.165, 1.54) is 12.3 Å². The van der Waals surface area contributed by atoms with Gasteiger partial charge in [0.2, 0.25) is 0 Å². The van der Waals surface area contributed by atoms with Crippen molar-refractivity contribution in [3.63, 3.8) is 0 Å². The Morgan fingerprint density at radius 3 is 2.29 bits per heavy atom. The van der Waals surface area contributed by atoms with Crippen LogP contribution in [0.4, 0.5) is 5.69 Å². The lowest BCUT2D eigenvalue weighted by Crippen LogP contribution is -2.10. The number of carbonyl (C=O) groups is 2. The van der Waals surface area contributed by atoms with Crippen molar-refractivity contribution in [1.82, 2.24) is 0 Å². The van der Waals surface area contributed by atoms with Crippen molar-refractivity contribution in [2.75, 3.05) is 5.32 Å². The predicted octanol–water partition coefficient (Wildman–Crippen LogP) is 4.43. The van der Waals surface area contributed by atoms with E-state index in [-0.39, 0.29) is 17.5 Å². The van der Waals surface area contributed by atoms with Crippen molar-refractivity contribution >= 4 is 23.5 Å². The van der Waals surface area contributed by atoms with E-state index >= 15 is 0 Å². The molecule has 0 aliphatic carbocycles. The Kier molecular flexibility index (Phi) is 4.68. The lowest BCUT2D eigenvalue weighted by atomic mass is 10.1. The molecule has 2 aromatic carbocycles. The maximum atomic E-state index is 12.1. The minimum absolute atomic E-state index is 0.0947. The summed E-state index contributed by atoms with van der Waals surface area (Å²) in [5, 5.41) is 2.71. The van der Waals surface area contributed by atoms with E-state index in [0.29, 0.717) is 11.3 Å². The van der Waals surface area contributed by atoms with Crippen LogP contribution in [0, 0.1) is 0 Å². The highest BCUT2D eigenvalue weighted by atomic mass is 16.3. The normalized spacial score (nSPS) is 10.7. The molecule has 1 aromatic heterocycles. The maximum Gasteiger partial charge on any atom is 0.291 e. The molecule has 3 aromatic rings. The lowest BCUT2D eigenvalue weighted by molar-refractivity contribution is 0.0996. The van der Waals surface area contributed by atoms with E-state index in [2.05, 4.69) is 5.32 Å². The van der Waals surface area contributed by atoms with Gasteiger partial charge in [-0.2, -0.15) is 0 Å². The van der Waals surface area contributed by atoms with Gasteiger partial charge in [-0.25, -0.2) is 0 Å².